The van der Waals surface area contributed by atoms with Crippen LogP contribution in [0.25, 0.3) is 0 Å². The van der Waals surface area contributed by atoms with Gasteiger partial charge >= 0.3 is 29.6 Å². The van der Waals surface area contributed by atoms with Crippen molar-refractivity contribution >= 4 is 22.7 Å². The van der Waals surface area contributed by atoms with E-state index in [-0.39, 0.29) is 40.3 Å². The molecule has 1 aromatic carbocycles. The molecule has 0 heterocycles. The minimum atomic E-state index is -2.17. The monoisotopic (exact) mass is 212 g/mol. The third kappa shape index (κ3) is 3.17. The van der Waals surface area contributed by atoms with E-state index in [0.717, 1.165) is 0 Å². The van der Waals surface area contributed by atoms with Crippen LogP contribution in [0, 0.1) is 0 Å². The van der Waals surface area contributed by atoms with Gasteiger partial charge in [-0.3, -0.25) is 4.21 Å². The molecule has 60 valence electrons. The fourth-order valence-corrected chi connectivity index (χ4v) is 1.63. The summed E-state index contributed by atoms with van der Waals surface area (Å²) in [4.78, 5) is 0.280. The minimum absolute atomic E-state index is 0. The molecule has 1 atom stereocenters. The second-order valence-corrected chi connectivity index (χ2v) is 3.15. The van der Waals surface area contributed by atoms with Crippen molar-refractivity contribution in [3.8, 4) is 0 Å². The molecule has 0 bridgehead atoms. The van der Waals surface area contributed by atoms with Gasteiger partial charge in [-0.2, -0.15) is 0 Å². The molecule has 0 radical (unpaired) electrons. The summed E-state index contributed by atoms with van der Waals surface area (Å²) in [6.07, 6.45) is 0. The molecule has 0 aliphatic rings. The fraction of sp³-hybridized carbons (Fsp3) is 0.143. The van der Waals surface area contributed by atoms with Crippen LogP contribution in [-0.2, 0) is 17.0 Å². The van der Waals surface area contributed by atoms with Crippen LogP contribution < -0.4 is 29.6 Å². The molecule has 12 heavy (non-hydrogen) atoms. The second kappa shape index (κ2) is 6.13. The molecular weight excluding hydrogens is 207 g/mol. The predicted molar refractivity (Wildman–Crippen MR) is 43.2 cm³/mol. The summed E-state index contributed by atoms with van der Waals surface area (Å²) >= 11 is 3.33. The summed E-state index contributed by atoms with van der Waals surface area (Å²) in [6, 6.07) is 6.65. The smallest absolute Gasteiger partial charge is 0.768 e. The van der Waals surface area contributed by atoms with Crippen molar-refractivity contribution in [2.24, 2.45) is 0 Å². The van der Waals surface area contributed by atoms with Crippen LogP contribution >= 0.6 is 11.6 Å². The Morgan fingerprint density at radius 3 is 2.42 bits per heavy atom. The molecule has 0 N–H and O–H groups in total. The number of halogens is 1. The van der Waals surface area contributed by atoms with Crippen LogP contribution in [-0.4, -0.2) is 8.76 Å². The quantitative estimate of drug-likeness (QED) is 0.346. The van der Waals surface area contributed by atoms with E-state index in [1.807, 2.05) is 0 Å². The summed E-state index contributed by atoms with van der Waals surface area (Å²) in [6.45, 7) is 0. The van der Waals surface area contributed by atoms with Gasteiger partial charge < -0.3 is 4.55 Å². The van der Waals surface area contributed by atoms with Crippen LogP contribution in [0.4, 0.5) is 0 Å². The molecule has 1 rings (SSSR count). The van der Waals surface area contributed by atoms with E-state index < -0.39 is 11.1 Å². The molecule has 0 fully saturated rings. The Labute approximate surface area is 101 Å². The summed E-state index contributed by atoms with van der Waals surface area (Å²) < 4.78 is 21.0. The Hall–Kier alpha value is 0.620. The van der Waals surface area contributed by atoms with Gasteiger partial charge in [0.15, 0.2) is 0 Å². The van der Waals surface area contributed by atoms with E-state index in [4.69, 9.17) is 11.6 Å². The van der Waals surface area contributed by atoms with Gasteiger partial charge in [-0.05, 0) is 22.7 Å². The summed E-state index contributed by atoms with van der Waals surface area (Å²) in [5, 5.41) is 0. The summed E-state index contributed by atoms with van der Waals surface area (Å²) in [5.41, 5.74) is 0.641. The molecule has 1 aromatic rings. The zero-order valence-corrected chi connectivity index (χ0v) is 10.2. The molecule has 0 aromatic heterocycles. The fourth-order valence-electron chi connectivity index (χ4n) is 0.777. The molecule has 0 aliphatic heterocycles. The van der Waals surface area contributed by atoms with E-state index >= 15 is 0 Å². The number of hydrogen-bond acceptors (Lipinski definition) is 2. The van der Waals surface area contributed by atoms with E-state index in [0.29, 0.717) is 5.56 Å². The van der Waals surface area contributed by atoms with Crippen molar-refractivity contribution in [3.05, 3.63) is 29.8 Å². The molecule has 0 aliphatic carbocycles. The van der Waals surface area contributed by atoms with Crippen LogP contribution in [0.1, 0.15) is 5.56 Å². The zero-order valence-electron chi connectivity index (χ0n) is 6.62. The van der Waals surface area contributed by atoms with Crippen LogP contribution in [0.15, 0.2) is 29.2 Å². The van der Waals surface area contributed by atoms with Gasteiger partial charge in [-0.25, -0.2) is 0 Å². The number of benzene rings is 1. The average Bonchev–Trinajstić information content (AvgIpc) is 2.04. The van der Waals surface area contributed by atoms with Crippen LogP contribution in [0.2, 0.25) is 0 Å². The maximum atomic E-state index is 10.5. The van der Waals surface area contributed by atoms with Crippen molar-refractivity contribution in [1.82, 2.24) is 0 Å². The Balaban J connectivity index is 0.00000121. The van der Waals surface area contributed by atoms with Crippen LogP contribution in [0.3, 0.4) is 0 Å². The first-order chi connectivity index (χ1) is 5.25. The SMILES string of the molecule is O=S([O-])c1ccccc1CCl.[Na+]. The number of hydrogen-bond donors (Lipinski definition) is 0. The molecule has 0 amide bonds. The third-order valence-corrected chi connectivity index (χ3v) is 2.34. The molecule has 1 unspecified atom stereocenters. The van der Waals surface area contributed by atoms with E-state index in [1.54, 1.807) is 18.2 Å². The van der Waals surface area contributed by atoms with Crippen molar-refractivity contribution < 1.29 is 38.3 Å². The van der Waals surface area contributed by atoms with E-state index in [9.17, 15) is 8.76 Å². The maximum Gasteiger partial charge on any atom is 1.00 e. The summed E-state index contributed by atoms with van der Waals surface area (Å²) in [7, 11) is 0. The van der Waals surface area contributed by atoms with Crippen molar-refractivity contribution in [2.45, 2.75) is 10.8 Å². The van der Waals surface area contributed by atoms with Crippen LogP contribution in [0.5, 0.6) is 0 Å². The Morgan fingerprint density at radius 2 is 2.00 bits per heavy atom. The van der Waals surface area contributed by atoms with E-state index in [1.165, 1.54) is 6.07 Å². The standard InChI is InChI=1S/C7H7ClO2S.Na/c8-5-6-3-1-2-4-7(6)11(9)10;/h1-4H,5H2,(H,9,10);/q;+1/p-1. The molecule has 0 saturated carbocycles. The average molecular weight is 213 g/mol. The van der Waals surface area contributed by atoms with Gasteiger partial charge in [0.05, 0.1) is 0 Å². The third-order valence-electron chi connectivity index (χ3n) is 1.30. The maximum absolute atomic E-state index is 10.5. The zero-order chi connectivity index (χ0) is 8.27. The largest absolute Gasteiger partial charge is 1.00 e. The summed E-state index contributed by atoms with van der Waals surface area (Å²) in [5.74, 6) is 0.226. The molecule has 2 nitrogen and oxygen atoms in total. The van der Waals surface area contributed by atoms with Gasteiger partial charge in [-0.15, -0.1) is 11.6 Å². The molecule has 0 spiro atoms. The molecule has 0 saturated heterocycles. The predicted octanol–water partition coefficient (Wildman–Crippen LogP) is -1.33. The van der Waals surface area contributed by atoms with Crippen molar-refractivity contribution in [1.29, 1.82) is 0 Å². The van der Waals surface area contributed by atoms with Crippen molar-refractivity contribution in [3.63, 3.8) is 0 Å². The Morgan fingerprint density at radius 1 is 1.42 bits per heavy atom. The van der Waals surface area contributed by atoms with Crippen molar-refractivity contribution in [2.75, 3.05) is 0 Å². The molecule has 5 heteroatoms. The first kappa shape index (κ1) is 12.6. The van der Waals surface area contributed by atoms with Gasteiger partial charge in [0.1, 0.15) is 0 Å². The minimum Gasteiger partial charge on any atom is -0.768 e. The van der Waals surface area contributed by atoms with E-state index in [2.05, 4.69) is 0 Å². The number of rotatable bonds is 2. The van der Waals surface area contributed by atoms with Gasteiger partial charge in [0.25, 0.3) is 0 Å². The topological polar surface area (TPSA) is 40.1 Å². The molecular formula is C7H6ClNaO2S. The first-order valence-electron chi connectivity index (χ1n) is 2.99. The normalized spacial score (nSPS) is 11.8. The second-order valence-electron chi connectivity index (χ2n) is 1.98. The first-order valence-corrected chi connectivity index (χ1v) is 4.60. The Kier molecular flexibility index (Phi) is 6.45. The Bertz CT molecular complexity index is 280. The van der Waals surface area contributed by atoms with Gasteiger partial charge in [0, 0.05) is 10.8 Å². The van der Waals surface area contributed by atoms with Gasteiger partial charge in [-0.1, -0.05) is 18.2 Å². The van der Waals surface area contributed by atoms with Gasteiger partial charge in [0.2, 0.25) is 0 Å². The number of alkyl halides is 1.